The monoisotopic (exact) mass is 278 g/mol. The predicted molar refractivity (Wildman–Crippen MR) is 73.5 cm³/mol. The second kappa shape index (κ2) is 7.83. The fraction of sp³-hybridized carbons (Fsp3) is 0.286. The van der Waals surface area contributed by atoms with Crippen molar-refractivity contribution in [3.05, 3.63) is 47.8 Å². The van der Waals surface area contributed by atoms with Crippen molar-refractivity contribution in [3.8, 4) is 0 Å². The van der Waals surface area contributed by atoms with Gasteiger partial charge in [0.15, 0.2) is 0 Å². The highest BCUT2D eigenvalue weighted by Crippen LogP contribution is 2.02. The minimum Gasteiger partial charge on any atom is -0.466 e. The Kier molecular flexibility index (Phi) is 6.09. The Morgan fingerprint density at radius 3 is 2.45 bits per heavy atom. The van der Waals surface area contributed by atoms with Crippen molar-refractivity contribution in [2.45, 2.75) is 6.61 Å². The Morgan fingerprint density at radius 1 is 1.25 bits per heavy atom. The molecule has 1 amide bonds. The van der Waals surface area contributed by atoms with E-state index in [2.05, 4.69) is 10.1 Å². The Balaban J connectivity index is 2.55. The van der Waals surface area contributed by atoms with Crippen LogP contribution in [0.25, 0.3) is 0 Å². The predicted octanol–water partition coefficient (Wildman–Crippen LogP) is 1.49. The molecule has 0 atom stereocenters. The van der Waals surface area contributed by atoms with E-state index in [1.54, 1.807) is 19.0 Å². The fourth-order valence-electron chi connectivity index (χ4n) is 1.31. The highest BCUT2D eigenvalue weighted by Gasteiger charge is 2.10. The van der Waals surface area contributed by atoms with Gasteiger partial charge in [0.2, 0.25) is 0 Å². The van der Waals surface area contributed by atoms with E-state index in [-0.39, 0.29) is 12.4 Å². The number of carbonyl (C=O) groups is 2. The molecule has 0 heterocycles. The third kappa shape index (κ3) is 5.43. The van der Waals surface area contributed by atoms with Gasteiger partial charge >= 0.3 is 12.1 Å². The Morgan fingerprint density at radius 2 is 1.90 bits per heavy atom. The minimum absolute atomic E-state index is 0.158. The topological polar surface area (TPSA) is 67.9 Å². The molecule has 1 N–H and O–H groups in total. The molecular formula is C14H18N2O4. The van der Waals surface area contributed by atoms with Crippen molar-refractivity contribution in [1.29, 1.82) is 0 Å². The molecule has 1 aromatic carbocycles. The van der Waals surface area contributed by atoms with Crippen LogP contribution >= 0.6 is 0 Å². The van der Waals surface area contributed by atoms with Gasteiger partial charge in [-0.2, -0.15) is 0 Å². The number of hydrogen-bond acceptors (Lipinski definition) is 5. The number of esters is 1. The van der Waals surface area contributed by atoms with Gasteiger partial charge in [-0.1, -0.05) is 30.3 Å². The molecule has 108 valence electrons. The Hall–Kier alpha value is -2.50. The molecule has 1 rings (SSSR count). The number of hydrogen-bond donors (Lipinski definition) is 1. The lowest BCUT2D eigenvalue weighted by atomic mass is 10.2. The molecular weight excluding hydrogens is 260 g/mol. The fourth-order valence-corrected chi connectivity index (χ4v) is 1.31. The van der Waals surface area contributed by atoms with Crippen LogP contribution in [0.3, 0.4) is 0 Å². The van der Waals surface area contributed by atoms with Crippen LogP contribution < -0.4 is 5.32 Å². The summed E-state index contributed by atoms with van der Waals surface area (Å²) < 4.78 is 9.56. The summed E-state index contributed by atoms with van der Waals surface area (Å²) in [6, 6.07) is 9.31. The molecule has 0 radical (unpaired) electrons. The molecule has 0 spiro atoms. The van der Waals surface area contributed by atoms with Crippen molar-refractivity contribution in [1.82, 2.24) is 10.2 Å². The van der Waals surface area contributed by atoms with Crippen LogP contribution in [0.15, 0.2) is 42.2 Å². The third-order valence-corrected chi connectivity index (χ3v) is 2.38. The normalized spacial score (nSPS) is 10.7. The van der Waals surface area contributed by atoms with E-state index in [1.165, 1.54) is 13.2 Å². The smallest absolute Gasteiger partial charge is 0.413 e. The summed E-state index contributed by atoms with van der Waals surface area (Å²) in [7, 11) is 4.64. The summed E-state index contributed by atoms with van der Waals surface area (Å²) in [6.45, 7) is 0.158. The Bertz CT molecular complexity index is 483. The van der Waals surface area contributed by atoms with Gasteiger partial charge < -0.3 is 14.4 Å². The number of ether oxygens (including phenoxy) is 2. The summed E-state index contributed by atoms with van der Waals surface area (Å²) in [5.74, 6) is -0.271. The molecule has 6 nitrogen and oxygen atoms in total. The highest BCUT2D eigenvalue weighted by molar-refractivity contribution is 5.83. The van der Waals surface area contributed by atoms with Gasteiger partial charge in [-0.05, 0) is 5.56 Å². The molecule has 0 aliphatic heterocycles. The summed E-state index contributed by atoms with van der Waals surface area (Å²) in [5, 5.41) is 2.48. The molecule has 0 aromatic heterocycles. The van der Waals surface area contributed by atoms with E-state index < -0.39 is 12.1 Å². The van der Waals surface area contributed by atoms with Crippen molar-refractivity contribution >= 4 is 12.1 Å². The van der Waals surface area contributed by atoms with Crippen LogP contribution in [0.2, 0.25) is 0 Å². The number of carbonyl (C=O) groups excluding carboxylic acids is 2. The lowest BCUT2D eigenvalue weighted by Crippen LogP contribution is -2.32. The van der Waals surface area contributed by atoms with Gasteiger partial charge in [-0.15, -0.1) is 0 Å². The summed E-state index contributed by atoms with van der Waals surface area (Å²) in [6.07, 6.45) is 0.529. The average molecular weight is 278 g/mol. The van der Waals surface area contributed by atoms with Gasteiger partial charge in [-0.25, -0.2) is 9.59 Å². The quantitative estimate of drug-likeness (QED) is 0.653. The number of nitrogens with one attached hydrogen (secondary N) is 1. The van der Waals surface area contributed by atoms with Gasteiger partial charge in [-0.3, -0.25) is 5.32 Å². The third-order valence-electron chi connectivity index (χ3n) is 2.38. The van der Waals surface area contributed by atoms with E-state index >= 15 is 0 Å². The molecule has 0 aliphatic carbocycles. The first kappa shape index (κ1) is 15.6. The molecule has 0 unspecified atom stereocenters. The number of methoxy groups -OCH3 is 1. The second-order valence-corrected chi connectivity index (χ2v) is 4.13. The van der Waals surface area contributed by atoms with Crippen molar-refractivity contribution in [2.75, 3.05) is 21.2 Å². The molecule has 6 heteroatoms. The first-order valence-electron chi connectivity index (χ1n) is 5.97. The van der Waals surface area contributed by atoms with E-state index in [0.29, 0.717) is 0 Å². The summed E-state index contributed by atoms with van der Waals surface area (Å²) in [5.41, 5.74) is 0.881. The zero-order chi connectivity index (χ0) is 15.0. The summed E-state index contributed by atoms with van der Waals surface area (Å²) >= 11 is 0. The second-order valence-electron chi connectivity index (χ2n) is 4.13. The molecule has 1 aromatic rings. The van der Waals surface area contributed by atoms with Gasteiger partial charge in [0.05, 0.1) is 13.2 Å². The average Bonchev–Trinajstić information content (AvgIpc) is 2.45. The molecule has 20 heavy (non-hydrogen) atoms. The SMILES string of the molecule is COC(=O)C=C(NC(=O)OCc1ccccc1)N(C)C. The standard InChI is InChI=1S/C14H18N2O4/c1-16(2)12(9-13(17)19-3)15-14(18)20-10-11-7-5-4-6-8-11/h4-9H,10H2,1-3H3,(H,15,18). The van der Waals surface area contributed by atoms with Crippen molar-refractivity contribution < 1.29 is 19.1 Å². The number of amides is 1. The summed E-state index contributed by atoms with van der Waals surface area (Å²) in [4.78, 5) is 24.4. The van der Waals surface area contributed by atoms with E-state index in [1.807, 2.05) is 30.3 Å². The van der Waals surface area contributed by atoms with Crippen LogP contribution in [0.1, 0.15) is 5.56 Å². The van der Waals surface area contributed by atoms with E-state index in [9.17, 15) is 9.59 Å². The lowest BCUT2D eigenvalue weighted by Gasteiger charge is -2.17. The zero-order valence-electron chi connectivity index (χ0n) is 11.8. The minimum atomic E-state index is -0.641. The van der Waals surface area contributed by atoms with Crippen molar-refractivity contribution in [2.24, 2.45) is 0 Å². The van der Waals surface area contributed by atoms with Crippen LogP contribution in [0.4, 0.5) is 4.79 Å². The largest absolute Gasteiger partial charge is 0.466 e. The zero-order valence-corrected chi connectivity index (χ0v) is 11.8. The molecule has 0 aliphatic rings. The Labute approximate surface area is 118 Å². The van der Waals surface area contributed by atoms with E-state index in [4.69, 9.17) is 4.74 Å². The maximum Gasteiger partial charge on any atom is 0.413 e. The van der Waals surface area contributed by atoms with Crippen LogP contribution in [-0.4, -0.2) is 38.2 Å². The first-order valence-corrected chi connectivity index (χ1v) is 5.97. The van der Waals surface area contributed by atoms with Crippen molar-refractivity contribution in [3.63, 3.8) is 0 Å². The highest BCUT2D eigenvalue weighted by atomic mass is 16.5. The number of alkyl carbamates (subject to hydrolysis) is 1. The number of benzene rings is 1. The van der Waals surface area contributed by atoms with Gasteiger partial charge in [0.1, 0.15) is 12.4 Å². The van der Waals surface area contributed by atoms with Crippen LogP contribution in [0.5, 0.6) is 0 Å². The van der Waals surface area contributed by atoms with E-state index in [0.717, 1.165) is 5.56 Å². The van der Waals surface area contributed by atoms with Crippen LogP contribution in [0, 0.1) is 0 Å². The van der Waals surface area contributed by atoms with Gasteiger partial charge in [0.25, 0.3) is 0 Å². The number of nitrogens with zero attached hydrogens (tertiary/aromatic N) is 1. The van der Waals surface area contributed by atoms with Gasteiger partial charge in [0, 0.05) is 14.1 Å². The maximum absolute atomic E-state index is 11.6. The van der Waals surface area contributed by atoms with Crippen LogP contribution in [-0.2, 0) is 20.9 Å². The lowest BCUT2D eigenvalue weighted by molar-refractivity contribution is -0.135. The first-order chi connectivity index (χ1) is 9.52. The molecule has 0 saturated carbocycles. The molecule has 0 saturated heterocycles. The number of rotatable bonds is 5. The maximum atomic E-state index is 11.6. The molecule has 0 fully saturated rings. The molecule has 0 bridgehead atoms.